The summed E-state index contributed by atoms with van der Waals surface area (Å²) in [4.78, 5) is 14.4. The van der Waals surface area contributed by atoms with E-state index in [9.17, 15) is 13.2 Å². The Kier molecular flexibility index (Phi) is 5.51. The number of carbonyl (C=O) groups is 1. The summed E-state index contributed by atoms with van der Waals surface area (Å²) in [6.07, 6.45) is 6.09. The molecule has 27 heavy (non-hydrogen) atoms. The third-order valence-electron chi connectivity index (χ3n) is 4.57. The monoisotopic (exact) mass is 387 g/mol. The lowest BCUT2D eigenvalue weighted by Crippen LogP contribution is -2.42. The molecule has 0 bridgehead atoms. The summed E-state index contributed by atoms with van der Waals surface area (Å²) < 4.78 is 27.4. The molecule has 3 rings (SSSR count). The van der Waals surface area contributed by atoms with Crippen LogP contribution < -0.4 is 5.32 Å². The maximum absolute atomic E-state index is 12.7. The van der Waals surface area contributed by atoms with Gasteiger partial charge in [0.1, 0.15) is 0 Å². The topological polar surface area (TPSA) is 78.8 Å². The van der Waals surface area contributed by atoms with Crippen molar-refractivity contribution >= 4 is 21.8 Å². The number of amidine groups is 1. The van der Waals surface area contributed by atoms with E-state index < -0.39 is 10.0 Å². The predicted octanol–water partition coefficient (Wildman–Crippen LogP) is 2.56. The van der Waals surface area contributed by atoms with Crippen molar-refractivity contribution in [3.05, 3.63) is 59.3 Å². The first-order valence-corrected chi connectivity index (χ1v) is 10.7. The van der Waals surface area contributed by atoms with Gasteiger partial charge in [0.05, 0.1) is 17.4 Å². The molecular formula is C20H25N3O3S. The second-order valence-electron chi connectivity index (χ2n) is 7.35. The quantitative estimate of drug-likeness (QED) is 0.842. The number of nitrogens with zero attached hydrogens (tertiary/aromatic N) is 2. The number of nitrogens with one attached hydrogen (secondary N) is 1. The van der Waals surface area contributed by atoms with E-state index in [1.54, 1.807) is 23.3 Å². The average Bonchev–Trinajstić information content (AvgIpc) is 2.60. The first-order chi connectivity index (χ1) is 12.7. The first-order valence-electron chi connectivity index (χ1n) is 9.13. The Balaban J connectivity index is 1.73. The summed E-state index contributed by atoms with van der Waals surface area (Å²) in [6, 6.07) is 8.01. The van der Waals surface area contributed by atoms with Crippen LogP contribution in [0, 0.1) is 5.92 Å². The molecule has 0 unspecified atom stereocenters. The molecular weight excluding hydrogens is 362 g/mol. The molecule has 0 saturated heterocycles. The lowest BCUT2D eigenvalue weighted by Gasteiger charge is -2.29. The minimum atomic E-state index is -3.52. The summed E-state index contributed by atoms with van der Waals surface area (Å²) in [6.45, 7) is 6.57. The second-order valence-corrected chi connectivity index (χ2v) is 9.11. The molecule has 0 aliphatic carbocycles. The summed E-state index contributed by atoms with van der Waals surface area (Å²) in [7, 11) is -3.52. The fourth-order valence-electron chi connectivity index (χ4n) is 3.16. The van der Waals surface area contributed by atoms with Crippen LogP contribution in [-0.2, 0) is 21.2 Å². The fourth-order valence-corrected chi connectivity index (χ4v) is 4.15. The molecule has 0 saturated carbocycles. The van der Waals surface area contributed by atoms with Gasteiger partial charge in [0.2, 0.25) is 0 Å². The Morgan fingerprint density at radius 2 is 1.93 bits per heavy atom. The van der Waals surface area contributed by atoms with Crippen LogP contribution in [0.3, 0.4) is 0 Å². The SMILES string of the molecule is CC(C)Cc1ccc([C@@H](C)NC(=O)C2=CC=CN3CCS(=O)(=O)N=C23)cc1. The zero-order chi connectivity index (χ0) is 19.6. The molecule has 0 aromatic heterocycles. The van der Waals surface area contributed by atoms with Gasteiger partial charge in [0, 0.05) is 12.7 Å². The van der Waals surface area contributed by atoms with E-state index in [1.807, 2.05) is 19.1 Å². The third kappa shape index (κ3) is 4.66. The van der Waals surface area contributed by atoms with Gasteiger partial charge in [-0.3, -0.25) is 4.79 Å². The van der Waals surface area contributed by atoms with E-state index in [0.717, 1.165) is 12.0 Å². The maximum Gasteiger partial charge on any atom is 0.256 e. The minimum absolute atomic E-state index is 0.0468. The molecule has 1 N–H and O–H groups in total. The van der Waals surface area contributed by atoms with Crippen molar-refractivity contribution in [2.45, 2.75) is 33.2 Å². The maximum atomic E-state index is 12.7. The lowest BCUT2D eigenvalue weighted by molar-refractivity contribution is -0.117. The largest absolute Gasteiger partial charge is 0.345 e. The summed E-state index contributed by atoms with van der Waals surface area (Å²) in [5, 5.41) is 2.94. The van der Waals surface area contributed by atoms with Crippen molar-refractivity contribution in [3.8, 4) is 0 Å². The van der Waals surface area contributed by atoms with Gasteiger partial charge in [-0.25, -0.2) is 8.42 Å². The Morgan fingerprint density at radius 1 is 1.22 bits per heavy atom. The summed E-state index contributed by atoms with van der Waals surface area (Å²) in [5.74, 6) is 0.406. The van der Waals surface area contributed by atoms with Crippen LogP contribution in [0.4, 0.5) is 0 Å². The van der Waals surface area contributed by atoms with E-state index in [1.165, 1.54) is 5.56 Å². The zero-order valence-corrected chi connectivity index (χ0v) is 16.7. The van der Waals surface area contributed by atoms with Crippen LogP contribution >= 0.6 is 0 Å². The molecule has 2 aliphatic heterocycles. The van der Waals surface area contributed by atoms with Gasteiger partial charge >= 0.3 is 0 Å². The van der Waals surface area contributed by atoms with Crippen molar-refractivity contribution < 1.29 is 13.2 Å². The molecule has 1 aromatic carbocycles. The van der Waals surface area contributed by atoms with Crippen LogP contribution in [0.1, 0.15) is 37.9 Å². The van der Waals surface area contributed by atoms with Gasteiger partial charge in [0.15, 0.2) is 5.84 Å². The number of sulfonamides is 1. The van der Waals surface area contributed by atoms with Crippen molar-refractivity contribution in [2.75, 3.05) is 12.3 Å². The van der Waals surface area contributed by atoms with E-state index >= 15 is 0 Å². The van der Waals surface area contributed by atoms with Gasteiger partial charge in [-0.05, 0) is 42.5 Å². The number of carbonyl (C=O) groups excluding carboxylic acids is 1. The van der Waals surface area contributed by atoms with Gasteiger partial charge in [0.25, 0.3) is 15.9 Å². The van der Waals surface area contributed by atoms with E-state index in [2.05, 4.69) is 35.7 Å². The summed E-state index contributed by atoms with van der Waals surface area (Å²) >= 11 is 0. The number of hydrogen-bond acceptors (Lipinski definition) is 4. The summed E-state index contributed by atoms with van der Waals surface area (Å²) in [5.41, 5.74) is 2.53. The fraction of sp³-hybridized carbons (Fsp3) is 0.400. The molecule has 1 amide bonds. The molecule has 0 spiro atoms. The number of fused-ring (bicyclic) bond motifs is 1. The minimum Gasteiger partial charge on any atom is -0.345 e. The molecule has 144 valence electrons. The van der Waals surface area contributed by atoms with E-state index in [0.29, 0.717) is 12.5 Å². The van der Waals surface area contributed by atoms with E-state index in [4.69, 9.17) is 0 Å². The highest BCUT2D eigenvalue weighted by Crippen LogP contribution is 2.20. The van der Waals surface area contributed by atoms with Crippen LogP contribution in [0.25, 0.3) is 0 Å². The highest BCUT2D eigenvalue weighted by atomic mass is 32.2. The standard InChI is InChI=1S/C20H25N3O3S/c1-14(2)13-16-6-8-17(9-7-16)15(3)21-20(24)18-5-4-10-23-11-12-27(25,26)22-19(18)23/h4-10,14-15H,11-13H2,1-3H3,(H,21,24)/t15-/m1/s1. The number of allylic oxidation sites excluding steroid dienone is 2. The zero-order valence-electron chi connectivity index (χ0n) is 15.8. The van der Waals surface area contributed by atoms with E-state index in [-0.39, 0.29) is 29.1 Å². The molecule has 0 fully saturated rings. The van der Waals surface area contributed by atoms with Gasteiger partial charge in [-0.15, -0.1) is 4.40 Å². The Bertz CT molecular complexity index is 912. The molecule has 2 heterocycles. The first kappa shape index (κ1) is 19.4. The Morgan fingerprint density at radius 3 is 2.59 bits per heavy atom. The smallest absolute Gasteiger partial charge is 0.256 e. The lowest BCUT2D eigenvalue weighted by atomic mass is 9.99. The van der Waals surface area contributed by atoms with Crippen LogP contribution in [0.2, 0.25) is 0 Å². The second kappa shape index (κ2) is 7.68. The molecule has 0 radical (unpaired) electrons. The number of benzene rings is 1. The van der Waals surface area contributed by atoms with Gasteiger partial charge in [-0.2, -0.15) is 0 Å². The van der Waals surface area contributed by atoms with Crippen molar-refractivity contribution in [1.82, 2.24) is 10.2 Å². The molecule has 1 atom stereocenters. The number of rotatable bonds is 5. The molecule has 7 heteroatoms. The predicted molar refractivity (Wildman–Crippen MR) is 107 cm³/mol. The van der Waals surface area contributed by atoms with Crippen LogP contribution in [0.15, 0.2) is 52.6 Å². The Labute approximate surface area is 160 Å². The Hall–Kier alpha value is -2.41. The molecule has 1 aromatic rings. The normalized spacial score (nSPS) is 19.2. The molecule has 2 aliphatic rings. The highest BCUT2D eigenvalue weighted by Gasteiger charge is 2.30. The molecule has 6 nitrogen and oxygen atoms in total. The number of amides is 1. The average molecular weight is 388 g/mol. The van der Waals surface area contributed by atoms with Gasteiger partial charge < -0.3 is 10.2 Å². The highest BCUT2D eigenvalue weighted by molar-refractivity contribution is 7.90. The van der Waals surface area contributed by atoms with Crippen LogP contribution in [-0.4, -0.2) is 37.4 Å². The van der Waals surface area contributed by atoms with Crippen LogP contribution in [0.5, 0.6) is 0 Å². The van der Waals surface area contributed by atoms with Crippen molar-refractivity contribution in [3.63, 3.8) is 0 Å². The van der Waals surface area contributed by atoms with Crippen molar-refractivity contribution in [2.24, 2.45) is 10.3 Å². The third-order valence-corrected chi connectivity index (χ3v) is 5.72. The van der Waals surface area contributed by atoms with Crippen molar-refractivity contribution in [1.29, 1.82) is 0 Å². The van der Waals surface area contributed by atoms with Gasteiger partial charge in [-0.1, -0.05) is 38.1 Å². The number of hydrogen-bond donors (Lipinski definition) is 1.